The molecule has 1 aliphatic rings. The molecule has 1 aromatic heterocycles. The zero-order valence-electron chi connectivity index (χ0n) is 7.98. The minimum absolute atomic E-state index is 0.172. The Kier molecular flexibility index (Phi) is 3.10. The van der Waals surface area contributed by atoms with Gasteiger partial charge in [0.15, 0.2) is 5.82 Å². The van der Waals surface area contributed by atoms with E-state index in [0.717, 1.165) is 19.4 Å². The van der Waals surface area contributed by atoms with Crippen LogP contribution in [-0.2, 0) is 17.8 Å². The van der Waals surface area contributed by atoms with Crippen LogP contribution < -0.4 is 0 Å². The number of aromatic nitrogens is 2. The van der Waals surface area contributed by atoms with Crippen LogP contribution in [0.5, 0.6) is 0 Å². The predicted octanol–water partition coefficient (Wildman–Crippen LogP) is 0.673. The lowest BCUT2D eigenvalue weighted by Crippen LogP contribution is -2.21. The summed E-state index contributed by atoms with van der Waals surface area (Å²) in [6.45, 7) is 0.653. The Labute approximate surface area is 82.1 Å². The fraction of sp³-hybridized carbons (Fsp3) is 0.778. The Morgan fingerprint density at radius 2 is 2.36 bits per heavy atom. The SMILES string of the molecule is OCc1noc(CC2CCCCO2)n1. The Hall–Kier alpha value is -0.940. The van der Waals surface area contributed by atoms with Gasteiger partial charge >= 0.3 is 0 Å². The zero-order chi connectivity index (χ0) is 9.80. The largest absolute Gasteiger partial charge is 0.388 e. The highest BCUT2D eigenvalue weighted by atomic mass is 16.5. The third kappa shape index (κ3) is 2.30. The molecule has 0 bridgehead atoms. The van der Waals surface area contributed by atoms with E-state index in [2.05, 4.69) is 10.1 Å². The molecule has 5 heteroatoms. The van der Waals surface area contributed by atoms with Crippen LogP contribution in [0.2, 0.25) is 0 Å². The van der Waals surface area contributed by atoms with E-state index in [1.54, 1.807) is 0 Å². The zero-order valence-corrected chi connectivity index (χ0v) is 7.98. The van der Waals surface area contributed by atoms with Gasteiger partial charge in [0, 0.05) is 6.61 Å². The normalized spacial score (nSPS) is 22.5. The van der Waals surface area contributed by atoms with Crippen LogP contribution in [0.15, 0.2) is 4.52 Å². The molecule has 2 rings (SSSR count). The summed E-state index contributed by atoms with van der Waals surface area (Å²) in [5.41, 5.74) is 0. The lowest BCUT2D eigenvalue weighted by molar-refractivity contribution is 0.0124. The van der Waals surface area contributed by atoms with Crippen molar-refractivity contribution in [3.63, 3.8) is 0 Å². The van der Waals surface area contributed by atoms with E-state index < -0.39 is 0 Å². The van der Waals surface area contributed by atoms with Crippen molar-refractivity contribution in [2.24, 2.45) is 0 Å². The molecule has 0 amide bonds. The molecule has 1 unspecified atom stereocenters. The molecular formula is C9H14N2O3. The summed E-state index contributed by atoms with van der Waals surface area (Å²) in [5.74, 6) is 0.900. The molecule has 78 valence electrons. The summed E-state index contributed by atoms with van der Waals surface area (Å²) in [6.07, 6.45) is 4.26. The fourth-order valence-electron chi connectivity index (χ4n) is 1.60. The van der Waals surface area contributed by atoms with Crippen LogP contribution in [0.1, 0.15) is 31.0 Å². The van der Waals surface area contributed by atoms with Crippen LogP contribution in [0, 0.1) is 0 Å². The van der Waals surface area contributed by atoms with Gasteiger partial charge < -0.3 is 14.4 Å². The summed E-state index contributed by atoms with van der Waals surface area (Å²) in [4.78, 5) is 4.02. The first-order valence-electron chi connectivity index (χ1n) is 4.92. The van der Waals surface area contributed by atoms with Gasteiger partial charge in [0.25, 0.3) is 0 Å². The lowest BCUT2D eigenvalue weighted by atomic mass is 10.1. The molecular weight excluding hydrogens is 184 g/mol. The molecule has 0 saturated carbocycles. The molecule has 1 fully saturated rings. The van der Waals surface area contributed by atoms with Crippen molar-refractivity contribution >= 4 is 0 Å². The molecule has 1 aromatic rings. The first-order chi connectivity index (χ1) is 6.88. The van der Waals surface area contributed by atoms with E-state index in [4.69, 9.17) is 14.4 Å². The van der Waals surface area contributed by atoms with Gasteiger partial charge in [-0.1, -0.05) is 5.16 Å². The number of aliphatic hydroxyl groups excluding tert-OH is 1. The number of aliphatic hydroxyl groups is 1. The van der Waals surface area contributed by atoms with Crippen LogP contribution in [0.25, 0.3) is 0 Å². The number of nitrogens with zero attached hydrogens (tertiary/aromatic N) is 2. The van der Waals surface area contributed by atoms with Crippen molar-refractivity contribution < 1.29 is 14.4 Å². The summed E-state index contributed by atoms with van der Waals surface area (Å²) >= 11 is 0. The van der Waals surface area contributed by atoms with Crippen LogP contribution in [-0.4, -0.2) is 28.0 Å². The minimum atomic E-state index is -0.172. The highest BCUT2D eigenvalue weighted by Crippen LogP contribution is 2.16. The molecule has 1 saturated heterocycles. The fourth-order valence-corrected chi connectivity index (χ4v) is 1.60. The standard InChI is InChI=1S/C9H14N2O3/c12-6-8-10-9(14-11-8)5-7-3-1-2-4-13-7/h7,12H,1-6H2. The van der Waals surface area contributed by atoms with Gasteiger partial charge in [-0.15, -0.1) is 0 Å². The second-order valence-electron chi connectivity index (χ2n) is 3.46. The van der Waals surface area contributed by atoms with Gasteiger partial charge in [-0.05, 0) is 19.3 Å². The molecule has 1 N–H and O–H groups in total. The van der Waals surface area contributed by atoms with Crippen molar-refractivity contribution in [1.82, 2.24) is 10.1 Å². The summed E-state index contributed by atoms with van der Waals surface area (Å²) in [5, 5.41) is 12.3. The monoisotopic (exact) mass is 198 g/mol. The quantitative estimate of drug-likeness (QED) is 0.773. The van der Waals surface area contributed by atoms with Gasteiger partial charge in [0.1, 0.15) is 6.61 Å². The number of hydrogen-bond donors (Lipinski definition) is 1. The third-order valence-electron chi connectivity index (χ3n) is 2.33. The van der Waals surface area contributed by atoms with Crippen LogP contribution >= 0.6 is 0 Å². The third-order valence-corrected chi connectivity index (χ3v) is 2.33. The topological polar surface area (TPSA) is 68.4 Å². The maximum absolute atomic E-state index is 8.74. The maximum Gasteiger partial charge on any atom is 0.229 e. The Morgan fingerprint density at radius 3 is 3.00 bits per heavy atom. The second-order valence-corrected chi connectivity index (χ2v) is 3.46. The number of ether oxygens (including phenoxy) is 1. The summed E-state index contributed by atoms with van der Waals surface area (Å²) in [7, 11) is 0. The molecule has 1 atom stereocenters. The van der Waals surface area contributed by atoms with Crippen molar-refractivity contribution in [3.8, 4) is 0 Å². The summed E-state index contributed by atoms with van der Waals surface area (Å²) < 4.78 is 10.5. The average Bonchev–Trinajstić information content (AvgIpc) is 2.67. The molecule has 2 heterocycles. The Morgan fingerprint density at radius 1 is 1.43 bits per heavy atom. The first kappa shape index (κ1) is 9.61. The number of rotatable bonds is 3. The van der Waals surface area contributed by atoms with E-state index in [9.17, 15) is 0 Å². The molecule has 0 aromatic carbocycles. The molecule has 1 aliphatic heterocycles. The summed E-state index contributed by atoms with van der Waals surface area (Å²) in [6, 6.07) is 0. The molecule has 0 aliphatic carbocycles. The van der Waals surface area contributed by atoms with Gasteiger partial charge in [-0.2, -0.15) is 4.98 Å². The Balaban J connectivity index is 1.89. The van der Waals surface area contributed by atoms with Gasteiger partial charge in [0.2, 0.25) is 5.89 Å². The average molecular weight is 198 g/mol. The molecule has 5 nitrogen and oxygen atoms in total. The van der Waals surface area contributed by atoms with Gasteiger partial charge in [0.05, 0.1) is 12.5 Å². The predicted molar refractivity (Wildman–Crippen MR) is 47.5 cm³/mol. The maximum atomic E-state index is 8.74. The minimum Gasteiger partial charge on any atom is -0.388 e. The first-order valence-corrected chi connectivity index (χ1v) is 4.92. The lowest BCUT2D eigenvalue weighted by Gasteiger charge is -2.20. The van der Waals surface area contributed by atoms with E-state index in [1.807, 2.05) is 0 Å². The van der Waals surface area contributed by atoms with Crippen molar-refractivity contribution in [1.29, 1.82) is 0 Å². The van der Waals surface area contributed by atoms with Crippen LogP contribution in [0.4, 0.5) is 0 Å². The Bertz CT molecular complexity index is 281. The molecule has 0 radical (unpaired) electrons. The van der Waals surface area contributed by atoms with Crippen molar-refractivity contribution in [3.05, 3.63) is 11.7 Å². The second kappa shape index (κ2) is 4.52. The van der Waals surface area contributed by atoms with Crippen molar-refractivity contribution in [2.75, 3.05) is 6.61 Å². The van der Waals surface area contributed by atoms with Crippen molar-refractivity contribution in [2.45, 2.75) is 38.4 Å². The van der Waals surface area contributed by atoms with E-state index in [0.29, 0.717) is 18.1 Å². The van der Waals surface area contributed by atoms with Crippen LogP contribution in [0.3, 0.4) is 0 Å². The number of hydrogen-bond acceptors (Lipinski definition) is 5. The van der Waals surface area contributed by atoms with E-state index >= 15 is 0 Å². The van der Waals surface area contributed by atoms with E-state index in [1.165, 1.54) is 6.42 Å². The molecule has 0 spiro atoms. The highest BCUT2D eigenvalue weighted by Gasteiger charge is 2.17. The van der Waals surface area contributed by atoms with E-state index in [-0.39, 0.29) is 12.7 Å². The van der Waals surface area contributed by atoms with Gasteiger partial charge in [-0.3, -0.25) is 0 Å². The van der Waals surface area contributed by atoms with Gasteiger partial charge in [-0.25, -0.2) is 0 Å². The smallest absolute Gasteiger partial charge is 0.229 e. The molecule has 14 heavy (non-hydrogen) atoms. The highest BCUT2D eigenvalue weighted by molar-refractivity contribution is 4.87.